The molecule has 0 aliphatic carbocycles. The zero-order chi connectivity index (χ0) is 24.7. The highest BCUT2D eigenvalue weighted by Crippen LogP contribution is 2.30. The lowest BCUT2D eigenvalue weighted by Gasteiger charge is -2.22. The van der Waals surface area contributed by atoms with Crippen molar-refractivity contribution in [1.29, 1.82) is 5.26 Å². The molecule has 174 valence electrons. The van der Waals surface area contributed by atoms with E-state index in [9.17, 15) is 20.0 Å². The van der Waals surface area contributed by atoms with E-state index in [1.54, 1.807) is 30.6 Å². The van der Waals surface area contributed by atoms with Gasteiger partial charge < -0.3 is 15.3 Å². The van der Waals surface area contributed by atoms with Crippen molar-refractivity contribution in [2.24, 2.45) is 0 Å². The van der Waals surface area contributed by atoms with Gasteiger partial charge in [-0.15, -0.1) is 0 Å². The molecule has 0 amide bonds. The molecule has 1 aliphatic rings. The van der Waals surface area contributed by atoms with E-state index in [0.29, 0.717) is 35.8 Å². The van der Waals surface area contributed by atoms with Gasteiger partial charge in [0.1, 0.15) is 11.7 Å². The fourth-order valence-corrected chi connectivity index (χ4v) is 4.50. The Balaban J connectivity index is 1.64. The standard InChI is InChI=1S/C26H22N6O3/c1-15-10-19(16(2)29-21-8-4-3-7-18(21)26(34)35)24-30-23(20(11-27)25(33)32(24)12-15)31-13-17-6-5-9-28-22(17)14-31/h3-10,12,16,29H,13-14H2,1-2H3,(H,34,35)/t16-/m1/s1. The lowest BCUT2D eigenvalue weighted by atomic mass is 10.1. The first-order valence-corrected chi connectivity index (χ1v) is 11.1. The molecule has 4 heterocycles. The molecule has 5 rings (SSSR count). The van der Waals surface area contributed by atoms with Crippen LogP contribution in [0.4, 0.5) is 11.5 Å². The highest BCUT2D eigenvalue weighted by atomic mass is 16.4. The second-order valence-corrected chi connectivity index (χ2v) is 8.58. The van der Waals surface area contributed by atoms with Crippen LogP contribution in [0.3, 0.4) is 0 Å². The number of pyridine rings is 2. The zero-order valence-electron chi connectivity index (χ0n) is 19.2. The molecule has 35 heavy (non-hydrogen) atoms. The van der Waals surface area contributed by atoms with Crippen LogP contribution in [0.5, 0.6) is 0 Å². The first-order valence-electron chi connectivity index (χ1n) is 11.1. The van der Waals surface area contributed by atoms with E-state index in [1.807, 2.05) is 43.0 Å². The summed E-state index contributed by atoms with van der Waals surface area (Å²) >= 11 is 0. The smallest absolute Gasteiger partial charge is 0.337 e. The van der Waals surface area contributed by atoms with Gasteiger partial charge in [0.25, 0.3) is 5.56 Å². The molecular formula is C26H22N6O3. The van der Waals surface area contributed by atoms with Gasteiger partial charge in [-0.2, -0.15) is 5.26 Å². The molecule has 0 unspecified atom stereocenters. The summed E-state index contributed by atoms with van der Waals surface area (Å²) in [4.78, 5) is 36.2. The number of carboxylic acids is 1. The van der Waals surface area contributed by atoms with Gasteiger partial charge in [0.2, 0.25) is 0 Å². The number of rotatable bonds is 5. The van der Waals surface area contributed by atoms with Gasteiger partial charge in [-0.1, -0.05) is 18.2 Å². The number of benzene rings is 1. The largest absolute Gasteiger partial charge is 0.478 e. The molecule has 0 spiro atoms. The van der Waals surface area contributed by atoms with E-state index in [-0.39, 0.29) is 17.2 Å². The molecule has 1 aliphatic heterocycles. The quantitative estimate of drug-likeness (QED) is 0.457. The second-order valence-electron chi connectivity index (χ2n) is 8.58. The molecule has 0 saturated heterocycles. The summed E-state index contributed by atoms with van der Waals surface area (Å²) in [5.74, 6) is -0.717. The van der Waals surface area contributed by atoms with Crippen molar-refractivity contribution in [3.8, 4) is 6.07 Å². The fraction of sp³-hybridized carbons (Fsp3) is 0.192. The molecule has 0 saturated carbocycles. The predicted octanol–water partition coefficient (Wildman–Crippen LogP) is 3.66. The van der Waals surface area contributed by atoms with Crippen LogP contribution in [-0.4, -0.2) is 25.4 Å². The summed E-state index contributed by atoms with van der Waals surface area (Å²) in [6.45, 7) is 4.69. The summed E-state index contributed by atoms with van der Waals surface area (Å²) in [6.07, 6.45) is 3.39. The minimum atomic E-state index is -1.04. The summed E-state index contributed by atoms with van der Waals surface area (Å²) in [5.41, 5.74) is 4.00. The number of aromatic carboxylic acids is 1. The van der Waals surface area contributed by atoms with Crippen LogP contribution in [0.1, 0.15) is 51.3 Å². The van der Waals surface area contributed by atoms with Crippen LogP contribution < -0.4 is 15.8 Å². The van der Waals surface area contributed by atoms with Crippen molar-refractivity contribution in [1.82, 2.24) is 14.4 Å². The lowest BCUT2D eigenvalue weighted by Crippen LogP contribution is -2.27. The number of anilines is 2. The Morgan fingerprint density at radius 2 is 2.03 bits per heavy atom. The van der Waals surface area contributed by atoms with E-state index in [0.717, 1.165) is 16.8 Å². The number of hydrogen-bond acceptors (Lipinski definition) is 7. The summed E-state index contributed by atoms with van der Waals surface area (Å²) < 4.78 is 1.40. The third-order valence-electron chi connectivity index (χ3n) is 6.16. The minimum absolute atomic E-state index is 0.0244. The summed E-state index contributed by atoms with van der Waals surface area (Å²) in [5, 5.41) is 22.7. The Hall–Kier alpha value is -4.71. The summed E-state index contributed by atoms with van der Waals surface area (Å²) in [7, 11) is 0. The second kappa shape index (κ2) is 8.57. The normalized spacial score (nSPS) is 13.3. The molecule has 0 bridgehead atoms. The molecular weight excluding hydrogens is 444 g/mol. The van der Waals surface area contributed by atoms with Gasteiger partial charge in [0, 0.05) is 30.2 Å². The zero-order valence-corrected chi connectivity index (χ0v) is 19.2. The number of fused-ring (bicyclic) bond motifs is 2. The first-order chi connectivity index (χ1) is 16.9. The molecule has 1 atom stereocenters. The molecule has 9 heteroatoms. The lowest BCUT2D eigenvalue weighted by molar-refractivity contribution is 0.0698. The molecule has 0 radical (unpaired) electrons. The van der Waals surface area contributed by atoms with Crippen molar-refractivity contribution < 1.29 is 9.90 Å². The Morgan fingerprint density at radius 3 is 2.77 bits per heavy atom. The monoisotopic (exact) mass is 466 g/mol. The number of carbonyl (C=O) groups is 1. The highest BCUT2D eigenvalue weighted by molar-refractivity contribution is 5.94. The average molecular weight is 467 g/mol. The summed E-state index contributed by atoms with van der Waals surface area (Å²) in [6, 6.07) is 14.1. The Morgan fingerprint density at radius 1 is 1.23 bits per heavy atom. The van der Waals surface area contributed by atoms with Crippen molar-refractivity contribution in [2.75, 3.05) is 10.2 Å². The molecule has 9 nitrogen and oxygen atoms in total. The third-order valence-corrected chi connectivity index (χ3v) is 6.16. The number of carboxylic acid groups (broad SMARTS) is 1. The maximum atomic E-state index is 13.4. The minimum Gasteiger partial charge on any atom is -0.478 e. The van der Waals surface area contributed by atoms with E-state index in [4.69, 9.17) is 4.98 Å². The van der Waals surface area contributed by atoms with Crippen molar-refractivity contribution >= 4 is 23.1 Å². The third kappa shape index (κ3) is 3.85. The van der Waals surface area contributed by atoms with Crippen molar-refractivity contribution in [2.45, 2.75) is 33.0 Å². The number of aryl methyl sites for hydroxylation is 1. The van der Waals surface area contributed by atoms with E-state index < -0.39 is 11.5 Å². The number of nitrogens with one attached hydrogen (secondary N) is 1. The van der Waals surface area contributed by atoms with Gasteiger partial charge in [-0.05, 0) is 49.2 Å². The molecule has 0 fully saturated rings. The Bertz CT molecular complexity index is 1560. The van der Waals surface area contributed by atoms with Crippen LogP contribution in [-0.2, 0) is 13.1 Å². The van der Waals surface area contributed by atoms with E-state index in [2.05, 4.69) is 10.3 Å². The SMILES string of the molecule is Cc1cc([C@@H](C)Nc2ccccc2C(=O)O)c2nc(N3Cc4cccnc4C3)c(C#N)c(=O)n2c1. The van der Waals surface area contributed by atoms with E-state index >= 15 is 0 Å². The highest BCUT2D eigenvalue weighted by Gasteiger charge is 2.27. The topological polar surface area (TPSA) is 124 Å². The van der Waals surface area contributed by atoms with Crippen molar-refractivity contribution in [3.05, 3.63) is 98.7 Å². The Kier molecular flexibility index (Phi) is 5.41. The van der Waals surface area contributed by atoms with Crippen LogP contribution >= 0.6 is 0 Å². The van der Waals surface area contributed by atoms with Gasteiger partial charge in [-0.3, -0.25) is 14.2 Å². The maximum absolute atomic E-state index is 13.4. The predicted molar refractivity (Wildman–Crippen MR) is 130 cm³/mol. The Labute approximate surface area is 200 Å². The van der Waals surface area contributed by atoms with Crippen LogP contribution in [0.25, 0.3) is 5.65 Å². The van der Waals surface area contributed by atoms with Gasteiger partial charge in [0.05, 0.1) is 23.8 Å². The van der Waals surface area contributed by atoms with E-state index in [1.165, 1.54) is 10.5 Å². The number of para-hydroxylation sites is 1. The van der Waals surface area contributed by atoms with Crippen molar-refractivity contribution in [3.63, 3.8) is 0 Å². The van der Waals surface area contributed by atoms with Crippen LogP contribution in [0, 0.1) is 18.3 Å². The molecule has 1 aromatic carbocycles. The van der Waals surface area contributed by atoms with Gasteiger partial charge in [0.15, 0.2) is 11.4 Å². The fourth-order valence-electron chi connectivity index (χ4n) is 4.50. The molecule has 3 aromatic heterocycles. The molecule has 4 aromatic rings. The molecule has 2 N–H and O–H groups in total. The van der Waals surface area contributed by atoms with Crippen LogP contribution in [0.15, 0.2) is 59.7 Å². The number of aromatic nitrogens is 3. The van der Waals surface area contributed by atoms with Gasteiger partial charge >= 0.3 is 5.97 Å². The number of nitrogens with zero attached hydrogens (tertiary/aromatic N) is 5. The van der Waals surface area contributed by atoms with Gasteiger partial charge in [-0.25, -0.2) is 9.78 Å². The van der Waals surface area contributed by atoms with Crippen LogP contribution in [0.2, 0.25) is 0 Å². The number of hydrogen-bond donors (Lipinski definition) is 2. The number of nitriles is 1. The maximum Gasteiger partial charge on any atom is 0.337 e. The first kappa shape index (κ1) is 22.1. The average Bonchev–Trinajstić information content (AvgIpc) is 3.28.